The summed E-state index contributed by atoms with van der Waals surface area (Å²) in [6.07, 6.45) is 6.33. The third-order valence-electron chi connectivity index (χ3n) is 3.22. The van der Waals surface area contributed by atoms with Crippen molar-refractivity contribution in [1.29, 1.82) is 0 Å². The van der Waals surface area contributed by atoms with Gasteiger partial charge in [-0.1, -0.05) is 22.4 Å². The Kier molecular flexibility index (Phi) is 4.03. The molecule has 1 saturated heterocycles. The Morgan fingerprint density at radius 3 is 2.80 bits per heavy atom. The van der Waals surface area contributed by atoms with Gasteiger partial charge in [-0.2, -0.15) is 0 Å². The van der Waals surface area contributed by atoms with Gasteiger partial charge in [-0.3, -0.25) is 4.79 Å². The summed E-state index contributed by atoms with van der Waals surface area (Å²) >= 11 is 3.60. The number of ether oxygens (including phenoxy) is 1. The lowest BCUT2D eigenvalue weighted by Crippen LogP contribution is -2.39. The average Bonchev–Trinajstić information content (AvgIpc) is 2.79. The number of nitrogens with one attached hydrogen (secondary N) is 1. The summed E-state index contributed by atoms with van der Waals surface area (Å²) in [4.78, 5) is 12.2. The predicted octanol–water partition coefficient (Wildman–Crippen LogP) is 1.99. The highest BCUT2D eigenvalue weighted by Crippen LogP contribution is 2.25. The summed E-state index contributed by atoms with van der Waals surface area (Å²) in [5, 5.41) is 3.09. The van der Waals surface area contributed by atoms with Crippen LogP contribution in [-0.4, -0.2) is 29.5 Å². The van der Waals surface area contributed by atoms with Crippen molar-refractivity contribution >= 4 is 21.8 Å². The first-order chi connectivity index (χ1) is 7.25. The Morgan fingerprint density at radius 1 is 1.33 bits per heavy atom. The predicted molar refractivity (Wildman–Crippen MR) is 62.1 cm³/mol. The zero-order valence-corrected chi connectivity index (χ0v) is 10.5. The molecule has 3 unspecified atom stereocenters. The Bertz CT molecular complexity index is 229. The molecule has 4 heteroatoms. The molecule has 1 aliphatic carbocycles. The molecule has 2 rings (SSSR count). The van der Waals surface area contributed by atoms with Crippen LogP contribution in [0, 0.1) is 0 Å². The van der Waals surface area contributed by atoms with E-state index in [2.05, 4.69) is 21.2 Å². The van der Waals surface area contributed by atoms with Crippen molar-refractivity contribution in [3.63, 3.8) is 0 Å². The molecule has 0 aromatic rings. The number of alkyl halides is 1. The van der Waals surface area contributed by atoms with Crippen LogP contribution in [0.25, 0.3) is 0 Å². The molecule has 15 heavy (non-hydrogen) atoms. The molecule has 2 fully saturated rings. The molecule has 0 aromatic heterocycles. The minimum Gasteiger partial charge on any atom is -0.378 e. The maximum Gasteiger partial charge on any atom is 0.222 e. The van der Waals surface area contributed by atoms with Crippen molar-refractivity contribution in [1.82, 2.24) is 5.32 Å². The largest absolute Gasteiger partial charge is 0.378 e. The molecule has 1 heterocycles. The number of halogens is 1. The van der Waals surface area contributed by atoms with Crippen LogP contribution in [0.2, 0.25) is 0 Å². The van der Waals surface area contributed by atoms with Gasteiger partial charge in [0.25, 0.3) is 0 Å². The third-order valence-corrected chi connectivity index (χ3v) is 4.31. The Morgan fingerprint density at radius 2 is 2.20 bits per heavy atom. The van der Waals surface area contributed by atoms with Gasteiger partial charge in [0.2, 0.25) is 5.91 Å². The second-order valence-electron chi connectivity index (χ2n) is 4.46. The highest BCUT2D eigenvalue weighted by atomic mass is 79.9. The van der Waals surface area contributed by atoms with Crippen molar-refractivity contribution in [3.8, 4) is 0 Å². The molecule has 1 saturated carbocycles. The van der Waals surface area contributed by atoms with Gasteiger partial charge in [0.15, 0.2) is 0 Å². The normalized spacial score (nSPS) is 35.7. The van der Waals surface area contributed by atoms with E-state index >= 15 is 0 Å². The molecule has 86 valence electrons. The molecule has 1 amide bonds. The van der Waals surface area contributed by atoms with Gasteiger partial charge < -0.3 is 10.1 Å². The maximum atomic E-state index is 11.7. The third kappa shape index (κ3) is 3.18. The van der Waals surface area contributed by atoms with Gasteiger partial charge in [0, 0.05) is 17.5 Å². The zero-order valence-electron chi connectivity index (χ0n) is 8.88. The number of carbonyl (C=O) groups excluding carboxylic acids is 1. The molecule has 3 nitrogen and oxygen atoms in total. The topological polar surface area (TPSA) is 38.3 Å². The van der Waals surface area contributed by atoms with E-state index in [1.807, 2.05) is 0 Å². The van der Waals surface area contributed by atoms with E-state index in [1.54, 1.807) is 0 Å². The Hall–Kier alpha value is -0.0900. The van der Waals surface area contributed by atoms with Crippen molar-refractivity contribution in [3.05, 3.63) is 0 Å². The van der Waals surface area contributed by atoms with E-state index in [0.29, 0.717) is 17.3 Å². The van der Waals surface area contributed by atoms with Crippen LogP contribution >= 0.6 is 15.9 Å². The fourth-order valence-corrected chi connectivity index (χ4v) is 3.08. The first kappa shape index (κ1) is 11.4. The first-order valence-corrected chi connectivity index (χ1v) is 6.72. The molecular formula is C11H18BrNO2. The molecule has 0 radical (unpaired) electrons. The van der Waals surface area contributed by atoms with Crippen LogP contribution in [0.3, 0.4) is 0 Å². The Balaban J connectivity index is 1.71. The quantitative estimate of drug-likeness (QED) is 0.800. The number of rotatable bonds is 3. The maximum absolute atomic E-state index is 11.7. The average molecular weight is 276 g/mol. The lowest BCUT2D eigenvalue weighted by Gasteiger charge is -2.17. The molecule has 3 atom stereocenters. The summed E-state index contributed by atoms with van der Waals surface area (Å²) in [5.41, 5.74) is 0. The van der Waals surface area contributed by atoms with Crippen LogP contribution in [0.1, 0.15) is 38.5 Å². The minimum atomic E-state index is 0.151. The van der Waals surface area contributed by atoms with E-state index in [1.165, 1.54) is 12.8 Å². The molecule has 1 aliphatic heterocycles. The number of amides is 1. The van der Waals surface area contributed by atoms with Gasteiger partial charge in [-0.15, -0.1) is 0 Å². The molecule has 2 aliphatic rings. The van der Waals surface area contributed by atoms with E-state index in [4.69, 9.17) is 4.74 Å². The summed E-state index contributed by atoms with van der Waals surface area (Å²) in [5.74, 6) is 0.151. The standard InChI is InChI=1S/C11H18BrNO2/c12-9-4-1-5-10(9)13-11(14)7-8-3-2-6-15-8/h8-10H,1-7H2,(H,13,14). The van der Waals surface area contributed by atoms with Gasteiger partial charge in [-0.25, -0.2) is 0 Å². The monoisotopic (exact) mass is 275 g/mol. The second kappa shape index (κ2) is 5.30. The molecule has 0 aromatic carbocycles. The molecule has 1 N–H and O–H groups in total. The molecular weight excluding hydrogens is 258 g/mol. The van der Waals surface area contributed by atoms with Gasteiger partial charge in [0.05, 0.1) is 12.5 Å². The van der Waals surface area contributed by atoms with E-state index < -0.39 is 0 Å². The minimum absolute atomic E-state index is 0.151. The SMILES string of the molecule is O=C(CC1CCCO1)NC1CCCC1Br. The van der Waals surface area contributed by atoms with Crippen LogP contribution in [0.4, 0.5) is 0 Å². The fraction of sp³-hybridized carbons (Fsp3) is 0.909. The van der Waals surface area contributed by atoms with Crippen LogP contribution in [0.5, 0.6) is 0 Å². The summed E-state index contributed by atoms with van der Waals surface area (Å²) in [6.45, 7) is 0.822. The Labute approximate surface area is 99.1 Å². The summed E-state index contributed by atoms with van der Waals surface area (Å²) in [6, 6.07) is 0.332. The van der Waals surface area contributed by atoms with Gasteiger partial charge in [0.1, 0.15) is 0 Å². The zero-order chi connectivity index (χ0) is 10.7. The highest BCUT2D eigenvalue weighted by molar-refractivity contribution is 9.09. The van der Waals surface area contributed by atoms with Crippen molar-refractivity contribution in [2.75, 3.05) is 6.61 Å². The smallest absolute Gasteiger partial charge is 0.222 e. The highest BCUT2D eigenvalue weighted by Gasteiger charge is 2.27. The van der Waals surface area contributed by atoms with Crippen LogP contribution < -0.4 is 5.32 Å². The van der Waals surface area contributed by atoms with Crippen molar-refractivity contribution < 1.29 is 9.53 Å². The fourth-order valence-electron chi connectivity index (χ4n) is 2.36. The van der Waals surface area contributed by atoms with E-state index in [9.17, 15) is 4.79 Å². The number of hydrogen-bond acceptors (Lipinski definition) is 2. The number of carbonyl (C=O) groups is 1. The molecule has 0 bridgehead atoms. The number of hydrogen-bond donors (Lipinski definition) is 1. The summed E-state index contributed by atoms with van der Waals surface area (Å²) < 4.78 is 5.44. The first-order valence-electron chi connectivity index (χ1n) is 5.81. The lowest BCUT2D eigenvalue weighted by molar-refractivity contribution is -0.123. The van der Waals surface area contributed by atoms with Crippen LogP contribution in [-0.2, 0) is 9.53 Å². The van der Waals surface area contributed by atoms with Crippen LogP contribution in [0.15, 0.2) is 0 Å². The van der Waals surface area contributed by atoms with Crippen molar-refractivity contribution in [2.24, 2.45) is 0 Å². The lowest BCUT2D eigenvalue weighted by atomic mass is 10.1. The van der Waals surface area contributed by atoms with E-state index in [0.717, 1.165) is 25.9 Å². The molecule has 0 spiro atoms. The van der Waals surface area contributed by atoms with Crippen molar-refractivity contribution in [2.45, 2.75) is 55.5 Å². The van der Waals surface area contributed by atoms with E-state index in [-0.39, 0.29) is 12.0 Å². The van der Waals surface area contributed by atoms with Gasteiger partial charge >= 0.3 is 0 Å². The second-order valence-corrected chi connectivity index (χ2v) is 5.64. The summed E-state index contributed by atoms with van der Waals surface area (Å²) in [7, 11) is 0. The van der Waals surface area contributed by atoms with Gasteiger partial charge in [-0.05, 0) is 25.7 Å².